The molecule has 0 bridgehead atoms. The van der Waals surface area contributed by atoms with Crippen molar-refractivity contribution in [2.75, 3.05) is 19.7 Å². The van der Waals surface area contributed by atoms with E-state index in [9.17, 15) is 0 Å². The van der Waals surface area contributed by atoms with Crippen molar-refractivity contribution in [1.29, 1.82) is 0 Å². The van der Waals surface area contributed by atoms with Crippen molar-refractivity contribution in [2.24, 2.45) is 5.92 Å². The molecule has 3 heteroatoms. The molecule has 2 aliphatic carbocycles. The Morgan fingerprint density at radius 1 is 1.18 bits per heavy atom. The van der Waals surface area contributed by atoms with Crippen LogP contribution in [0.15, 0.2) is 0 Å². The molecule has 0 aromatic carbocycles. The summed E-state index contributed by atoms with van der Waals surface area (Å²) in [5, 5.41) is 3.70. The Kier molecular flexibility index (Phi) is 3.42. The highest BCUT2D eigenvalue weighted by Crippen LogP contribution is 2.35. The van der Waals surface area contributed by atoms with Gasteiger partial charge in [0.2, 0.25) is 0 Å². The summed E-state index contributed by atoms with van der Waals surface area (Å²) in [6, 6.07) is 2.29. The molecule has 3 nitrogen and oxygen atoms in total. The predicted molar refractivity (Wildman–Crippen MR) is 69.1 cm³/mol. The standard InChI is InChI=1S/C14H26N2O/c1-10-9-17-11(2)8-16(10)14-6-3-12(14)7-15-13-4-5-13/h10-15H,3-9H2,1-2H3. The zero-order chi connectivity index (χ0) is 11.8. The lowest BCUT2D eigenvalue weighted by Gasteiger charge is -2.50. The Morgan fingerprint density at radius 2 is 2.00 bits per heavy atom. The molecule has 0 aromatic heterocycles. The quantitative estimate of drug-likeness (QED) is 0.805. The summed E-state index contributed by atoms with van der Waals surface area (Å²) in [5.41, 5.74) is 0. The smallest absolute Gasteiger partial charge is 0.0674 e. The van der Waals surface area contributed by atoms with Gasteiger partial charge in [-0.05, 0) is 52.0 Å². The maximum Gasteiger partial charge on any atom is 0.0674 e. The normalized spacial score (nSPS) is 43.4. The van der Waals surface area contributed by atoms with Gasteiger partial charge in [-0.2, -0.15) is 0 Å². The van der Waals surface area contributed by atoms with Crippen LogP contribution >= 0.6 is 0 Å². The summed E-state index contributed by atoms with van der Waals surface area (Å²) in [7, 11) is 0. The van der Waals surface area contributed by atoms with E-state index < -0.39 is 0 Å². The Hall–Kier alpha value is -0.120. The van der Waals surface area contributed by atoms with Crippen LogP contribution in [-0.2, 0) is 4.74 Å². The summed E-state index contributed by atoms with van der Waals surface area (Å²) in [6.45, 7) is 7.81. The van der Waals surface area contributed by atoms with Crippen LogP contribution in [0, 0.1) is 5.92 Å². The Morgan fingerprint density at radius 3 is 2.65 bits per heavy atom. The van der Waals surface area contributed by atoms with Gasteiger partial charge in [0, 0.05) is 24.7 Å². The predicted octanol–water partition coefficient (Wildman–Crippen LogP) is 1.63. The van der Waals surface area contributed by atoms with E-state index in [1.807, 2.05) is 0 Å². The van der Waals surface area contributed by atoms with Gasteiger partial charge < -0.3 is 10.1 Å². The SMILES string of the molecule is CC1CN(C2CCC2CNC2CC2)C(C)CO1. The van der Waals surface area contributed by atoms with Crippen molar-refractivity contribution in [1.82, 2.24) is 10.2 Å². The van der Waals surface area contributed by atoms with Crippen LogP contribution in [-0.4, -0.2) is 48.8 Å². The number of hydrogen-bond acceptors (Lipinski definition) is 3. The van der Waals surface area contributed by atoms with E-state index in [0.29, 0.717) is 12.1 Å². The highest BCUT2D eigenvalue weighted by atomic mass is 16.5. The molecule has 4 atom stereocenters. The summed E-state index contributed by atoms with van der Waals surface area (Å²) < 4.78 is 5.73. The second-order valence-electron chi connectivity index (χ2n) is 6.28. The molecular formula is C14H26N2O. The van der Waals surface area contributed by atoms with Gasteiger partial charge in [0.1, 0.15) is 0 Å². The van der Waals surface area contributed by atoms with E-state index in [2.05, 4.69) is 24.1 Å². The molecule has 3 aliphatic rings. The highest BCUT2D eigenvalue weighted by Gasteiger charge is 2.40. The molecule has 0 aromatic rings. The first-order valence-electron chi connectivity index (χ1n) is 7.35. The summed E-state index contributed by atoms with van der Waals surface area (Å²) in [5.74, 6) is 0.892. The highest BCUT2D eigenvalue weighted by molar-refractivity contribution is 4.95. The molecule has 4 unspecified atom stereocenters. The van der Waals surface area contributed by atoms with E-state index in [1.54, 1.807) is 0 Å². The lowest BCUT2D eigenvalue weighted by atomic mass is 9.77. The first-order chi connectivity index (χ1) is 8.24. The van der Waals surface area contributed by atoms with Gasteiger partial charge in [-0.3, -0.25) is 4.90 Å². The summed E-state index contributed by atoms with van der Waals surface area (Å²) >= 11 is 0. The fourth-order valence-corrected chi connectivity index (χ4v) is 3.22. The molecule has 98 valence electrons. The van der Waals surface area contributed by atoms with Crippen molar-refractivity contribution >= 4 is 0 Å². The second kappa shape index (κ2) is 4.87. The molecule has 0 spiro atoms. The van der Waals surface area contributed by atoms with E-state index in [1.165, 1.54) is 32.2 Å². The lowest BCUT2D eigenvalue weighted by molar-refractivity contribution is -0.0926. The monoisotopic (exact) mass is 238 g/mol. The van der Waals surface area contributed by atoms with Gasteiger partial charge in [-0.1, -0.05) is 0 Å². The fourth-order valence-electron chi connectivity index (χ4n) is 3.22. The van der Waals surface area contributed by atoms with Crippen LogP contribution in [0.3, 0.4) is 0 Å². The zero-order valence-corrected chi connectivity index (χ0v) is 11.2. The molecule has 2 saturated carbocycles. The second-order valence-corrected chi connectivity index (χ2v) is 6.28. The fraction of sp³-hybridized carbons (Fsp3) is 1.00. The largest absolute Gasteiger partial charge is 0.376 e. The van der Waals surface area contributed by atoms with Gasteiger partial charge in [-0.15, -0.1) is 0 Å². The summed E-state index contributed by atoms with van der Waals surface area (Å²) in [4.78, 5) is 2.71. The van der Waals surface area contributed by atoms with Crippen LogP contribution < -0.4 is 5.32 Å². The third-order valence-corrected chi connectivity index (χ3v) is 4.71. The number of rotatable bonds is 4. The van der Waals surface area contributed by atoms with Crippen LogP contribution in [0.25, 0.3) is 0 Å². The van der Waals surface area contributed by atoms with Crippen molar-refractivity contribution in [3.8, 4) is 0 Å². The molecule has 17 heavy (non-hydrogen) atoms. The Bertz CT molecular complexity index is 267. The van der Waals surface area contributed by atoms with Crippen molar-refractivity contribution in [3.05, 3.63) is 0 Å². The average Bonchev–Trinajstić information content (AvgIpc) is 3.06. The summed E-state index contributed by atoms with van der Waals surface area (Å²) in [6.07, 6.45) is 6.05. The van der Waals surface area contributed by atoms with Gasteiger partial charge in [0.05, 0.1) is 12.7 Å². The third-order valence-electron chi connectivity index (χ3n) is 4.71. The van der Waals surface area contributed by atoms with E-state index in [-0.39, 0.29) is 0 Å². The van der Waals surface area contributed by atoms with Crippen LogP contribution in [0.4, 0.5) is 0 Å². The van der Waals surface area contributed by atoms with Gasteiger partial charge in [0.25, 0.3) is 0 Å². The minimum atomic E-state index is 0.420. The van der Waals surface area contributed by atoms with Crippen molar-refractivity contribution in [3.63, 3.8) is 0 Å². The Labute approximate surface area is 105 Å². The van der Waals surface area contributed by atoms with Crippen LogP contribution in [0.2, 0.25) is 0 Å². The topological polar surface area (TPSA) is 24.5 Å². The van der Waals surface area contributed by atoms with Crippen LogP contribution in [0.5, 0.6) is 0 Å². The molecule has 0 amide bonds. The molecule has 1 N–H and O–H groups in total. The van der Waals surface area contributed by atoms with Gasteiger partial charge >= 0.3 is 0 Å². The maximum atomic E-state index is 5.73. The first kappa shape index (κ1) is 11.9. The molecule has 3 fully saturated rings. The average molecular weight is 238 g/mol. The minimum Gasteiger partial charge on any atom is -0.376 e. The third kappa shape index (κ3) is 2.67. The molecule has 1 saturated heterocycles. The number of nitrogens with zero attached hydrogens (tertiary/aromatic N) is 1. The number of ether oxygens (including phenoxy) is 1. The molecular weight excluding hydrogens is 212 g/mol. The minimum absolute atomic E-state index is 0.420. The maximum absolute atomic E-state index is 5.73. The molecule has 1 heterocycles. The molecule has 0 radical (unpaired) electrons. The first-order valence-corrected chi connectivity index (χ1v) is 7.35. The van der Waals surface area contributed by atoms with Gasteiger partial charge in [0.15, 0.2) is 0 Å². The lowest BCUT2D eigenvalue weighted by Crippen LogP contribution is -2.59. The van der Waals surface area contributed by atoms with E-state index in [4.69, 9.17) is 4.74 Å². The Balaban J connectivity index is 1.51. The number of nitrogens with one attached hydrogen (secondary N) is 1. The van der Waals surface area contributed by atoms with E-state index >= 15 is 0 Å². The zero-order valence-electron chi connectivity index (χ0n) is 11.2. The van der Waals surface area contributed by atoms with Crippen LogP contribution in [0.1, 0.15) is 39.5 Å². The number of morpholine rings is 1. The van der Waals surface area contributed by atoms with E-state index in [0.717, 1.165) is 31.2 Å². The number of hydrogen-bond donors (Lipinski definition) is 1. The van der Waals surface area contributed by atoms with Gasteiger partial charge in [-0.25, -0.2) is 0 Å². The van der Waals surface area contributed by atoms with Crippen molar-refractivity contribution < 1.29 is 4.74 Å². The molecule has 1 aliphatic heterocycles. The van der Waals surface area contributed by atoms with Crippen molar-refractivity contribution in [2.45, 2.75) is 63.8 Å². The molecule has 3 rings (SSSR count).